The van der Waals surface area contributed by atoms with Gasteiger partial charge >= 0.3 is 6.09 Å². The molecule has 0 atom stereocenters. The standard InChI is InChI=1S/C28H32N4O4/c1-3-36-27(33)32-12-10-31(11-13-32)26-6-9-30-25-18-20(17-24(25)26)23-5-4-22(16-21(23)19-29)28(34-2)7-14-35-15-8-28/h4-6,9,16-17H,3,7-8,10-15,18H2,1-2H3. The first-order valence-electron chi connectivity index (χ1n) is 12.6. The normalized spacial score (nSPS) is 18.9. The van der Waals surface area contributed by atoms with Crippen LogP contribution in [0.4, 0.5) is 10.5 Å². The quantitative estimate of drug-likeness (QED) is 0.629. The van der Waals surface area contributed by atoms with Crippen molar-refractivity contribution in [3.63, 3.8) is 0 Å². The van der Waals surface area contributed by atoms with Gasteiger partial charge in [-0.15, -0.1) is 0 Å². The molecule has 5 rings (SSSR count). The summed E-state index contributed by atoms with van der Waals surface area (Å²) in [5.74, 6) is 0. The largest absolute Gasteiger partial charge is 0.450 e. The average Bonchev–Trinajstić information content (AvgIpc) is 3.37. The van der Waals surface area contributed by atoms with E-state index < -0.39 is 5.60 Å². The van der Waals surface area contributed by atoms with Gasteiger partial charge in [-0.2, -0.15) is 5.26 Å². The van der Waals surface area contributed by atoms with Gasteiger partial charge in [-0.3, -0.25) is 4.98 Å². The van der Waals surface area contributed by atoms with Crippen molar-refractivity contribution >= 4 is 23.4 Å². The van der Waals surface area contributed by atoms with E-state index in [9.17, 15) is 10.1 Å². The number of nitrogens with zero attached hydrogens (tertiary/aromatic N) is 4. The van der Waals surface area contributed by atoms with Crippen molar-refractivity contribution in [3.8, 4) is 6.07 Å². The van der Waals surface area contributed by atoms with Crippen LogP contribution in [0, 0.1) is 11.3 Å². The number of pyridine rings is 1. The van der Waals surface area contributed by atoms with Crippen LogP contribution in [0.1, 0.15) is 47.7 Å². The number of piperazine rings is 1. The predicted molar refractivity (Wildman–Crippen MR) is 137 cm³/mol. The van der Waals surface area contributed by atoms with E-state index in [-0.39, 0.29) is 6.09 Å². The Labute approximate surface area is 212 Å². The molecule has 0 spiro atoms. The van der Waals surface area contributed by atoms with Gasteiger partial charge in [0.05, 0.1) is 29.5 Å². The van der Waals surface area contributed by atoms with Crippen molar-refractivity contribution in [2.45, 2.75) is 31.8 Å². The number of aromatic nitrogens is 1. The van der Waals surface area contributed by atoms with E-state index >= 15 is 0 Å². The third kappa shape index (κ3) is 4.45. The Morgan fingerprint density at radius 2 is 1.97 bits per heavy atom. The number of hydrogen-bond acceptors (Lipinski definition) is 7. The number of carbonyl (C=O) groups is 1. The predicted octanol–water partition coefficient (Wildman–Crippen LogP) is 3.98. The summed E-state index contributed by atoms with van der Waals surface area (Å²) < 4.78 is 16.6. The summed E-state index contributed by atoms with van der Waals surface area (Å²) in [4.78, 5) is 20.8. The zero-order valence-electron chi connectivity index (χ0n) is 21.0. The number of nitriles is 1. The maximum atomic E-state index is 12.1. The Bertz CT molecular complexity index is 1200. The Morgan fingerprint density at radius 3 is 2.67 bits per heavy atom. The first kappa shape index (κ1) is 24.3. The topological polar surface area (TPSA) is 87.9 Å². The molecule has 0 saturated carbocycles. The number of hydrogen-bond donors (Lipinski definition) is 0. The Hall–Kier alpha value is -3.41. The Morgan fingerprint density at radius 1 is 1.19 bits per heavy atom. The van der Waals surface area contributed by atoms with Crippen LogP contribution in [-0.4, -0.2) is 69.1 Å². The highest BCUT2D eigenvalue weighted by Crippen LogP contribution is 2.40. The highest BCUT2D eigenvalue weighted by molar-refractivity contribution is 5.93. The first-order chi connectivity index (χ1) is 17.6. The van der Waals surface area contributed by atoms with Crippen LogP contribution >= 0.6 is 0 Å². The summed E-state index contributed by atoms with van der Waals surface area (Å²) in [6.07, 6.45) is 6.01. The van der Waals surface area contributed by atoms with Crippen molar-refractivity contribution < 1.29 is 19.0 Å². The molecule has 2 saturated heterocycles. The van der Waals surface area contributed by atoms with Crippen LogP contribution in [0.15, 0.2) is 30.5 Å². The number of anilines is 1. The minimum Gasteiger partial charge on any atom is -0.450 e. The number of rotatable bonds is 5. The highest BCUT2D eigenvalue weighted by atomic mass is 16.6. The van der Waals surface area contributed by atoms with Crippen LogP contribution in [0.2, 0.25) is 0 Å². The molecule has 0 radical (unpaired) electrons. The van der Waals surface area contributed by atoms with Crippen molar-refractivity contribution in [2.75, 3.05) is 58.0 Å². The van der Waals surface area contributed by atoms with Crippen LogP contribution in [0.5, 0.6) is 0 Å². The van der Waals surface area contributed by atoms with Gasteiger partial charge in [-0.25, -0.2) is 4.79 Å². The van der Waals surface area contributed by atoms with Crippen LogP contribution in [0.25, 0.3) is 11.6 Å². The van der Waals surface area contributed by atoms with Crippen molar-refractivity contribution in [3.05, 3.63) is 58.4 Å². The van der Waals surface area contributed by atoms with Crippen LogP contribution in [0.3, 0.4) is 0 Å². The smallest absolute Gasteiger partial charge is 0.409 e. The summed E-state index contributed by atoms with van der Waals surface area (Å²) in [6, 6.07) is 10.6. The summed E-state index contributed by atoms with van der Waals surface area (Å²) in [5.41, 5.74) is 6.54. The molecule has 1 aromatic carbocycles. The van der Waals surface area contributed by atoms with Crippen molar-refractivity contribution in [2.24, 2.45) is 0 Å². The molecular weight excluding hydrogens is 456 g/mol. The fourth-order valence-corrected chi connectivity index (χ4v) is 5.51. The molecule has 2 aliphatic heterocycles. The highest BCUT2D eigenvalue weighted by Gasteiger charge is 2.35. The van der Waals surface area contributed by atoms with Gasteiger partial charge in [0.1, 0.15) is 0 Å². The third-order valence-corrected chi connectivity index (χ3v) is 7.58. The molecule has 0 unspecified atom stereocenters. The molecule has 1 amide bonds. The molecule has 3 aliphatic rings. The molecular formula is C28H32N4O4. The van der Waals surface area contributed by atoms with Gasteiger partial charge in [0, 0.05) is 83.2 Å². The van der Waals surface area contributed by atoms with Crippen molar-refractivity contribution in [1.29, 1.82) is 5.26 Å². The summed E-state index contributed by atoms with van der Waals surface area (Å²) >= 11 is 0. The lowest BCUT2D eigenvalue weighted by atomic mass is 9.84. The average molecular weight is 489 g/mol. The van der Waals surface area contributed by atoms with Crippen LogP contribution in [-0.2, 0) is 26.2 Å². The van der Waals surface area contributed by atoms with Gasteiger partial charge < -0.3 is 24.0 Å². The summed E-state index contributed by atoms with van der Waals surface area (Å²) in [5, 5.41) is 10.0. The maximum Gasteiger partial charge on any atom is 0.409 e. The Kier molecular flexibility index (Phi) is 6.95. The lowest BCUT2D eigenvalue weighted by Crippen LogP contribution is -2.49. The van der Waals surface area contributed by atoms with Gasteiger partial charge in [0.25, 0.3) is 0 Å². The monoisotopic (exact) mass is 488 g/mol. The second-order valence-corrected chi connectivity index (χ2v) is 9.39. The zero-order chi connectivity index (χ0) is 25.1. The van der Waals surface area contributed by atoms with E-state index in [1.54, 1.807) is 12.0 Å². The van der Waals surface area contributed by atoms with E-state index in [0.717, 1.165) is 59.6 Å². The number of benzene rings is 1. The number of amides is 1. The molecule has 0 N–H and O–H groups in total. The minimum absolute atomic E-state index is 0.247. The molecule has 1 aliphatic carbocycles. The number of allylic oxidation sites excluding steroid dienone is 1. The SMILES string of the molecule is CCOC(=O)N1CCN(c2ccnc3c2C=C(c2ccc(C4(OC)CCOCC4)cc2C#N)C3)CC1. The molecule has 3 heterocycles. The number of carbonyl (C=O) groups excluding carboxylic acids is 1. The summed E-state index contributed by atoms with van der Waals surface area (Å²) in [7, 11) is 1.74. The van der Waals surface area contributed by atoms with E-state index in [1.165, 1.54) is 0 Å². The number of methoxy groups -OCH3 is 1. The molecule has 188 valence electrons. The number of ether oxygens (including phenoxy) is 3. The molecule has 2 aromatic rings. The second-order valence-electron chi connectivity index (χ2n) is 9.39. The van der Waals surface area contributed by atoms with Crippen LogP contribution < -0.4 is 4.90 Å². The molecule has 36 heavy (non-hydrogen) atoms. The first-order valence-corrected chi connectivity index (χ1v) is 12.6. The van der Waals surface area contributed by atoms with E-state index in [4.69, 9.17) is 14.2 Å². The number of fused-ring (bicyclic) bond motifs is 1. The third-order valence-electron chi connectivity index (χ3n) is 7.58. The molecule has 1 aromatic heterocycles. The van der Waals surface area contributed by atoms with E-state index in [0.29, 0.717) is 44.9 Å². The summed E-state index contributed by atoms with van der Waals surface area (Å²) in [6.45, 7) is 6.23. The minimum atomic E-state index is -0.407. The molecule has 2 fully saturated rings. The maximum absolute atomic E-state index is 12.1. The van der Waals surface area contributed by atoms with Gasteiger partial charge in [0.2, 0.25) is 0 Å². The molecule has 0 bridgehead atoms. The fourth-order valence-electron chi connectivity index (χ4n) is 5.51. The van der Waals surface area contributed by atoms with Gasteiger partial charge in [-0.05, 0) is 41.8 Å². The zero-order valence-corrected chi connectivity index (χ0v) is 21.0. The van der Waals surface area contributed by atoms with Gasteiger partial charge in [0.15, 0.2) is 0 Å². The van der Waals surface area contributed by atoms with Crippen molar-refractivity contribution in [1.82, 2.24) is 9.88 Å². The lowest BCUT2D eigenvalue weighted by Gasteiger charge is -2.36. The fraction of sp³-hybridized carbons (Fsp3) is 0.464. The van der Waals surface area contributed by atoms with Gasteiger partial charge in [-0.1, -0.05) is 12.1 Å². The second kappa shape index (κ2) is 10.3. The molecule has 8 nitrogen and oxygen atoms in total. The Balaban J connectivity index is 1.39. The molecule has 8 heteroatoms. The van der Waals surface area contributed by atoms with E-state index in [2.05, 4.69) is 34.2 Å². The lowest BCUT2D eigenvalue weighted by molar-refractivity contribution is -0.0948. The van der Waals surface area contributed by atoms with E-state index in [1.807, 2.05) is 25.3 Å².